The first kappa shape index (κ1) is 34.0. The highest BCUT2D eigenvalue weighted by Gasteiger charge is 2.37. The van der Waals surface area contributed by atoms with Crippen LogP contribution in [0.3, 0.4) is 0 Å². The van der Waals surface area contributed by atoms with Crippen LogP contribution in [0.1, 0.15) is 62.4 Å². The molecule has 2 amide bonds. The standard InChI is InChI=1S/C37H46ClN5O5/c1-37(2,3)48-36(46)42-16-13-40(14-17-42)12-11-39-35(45)33-24-28(38)7-10-32(33)27-21-29-8-9-30(22-27)43(29)18-15-41-19-20-47-34(25-41)26-5-4-6-31(44)23-26/h4-7,10,19-21,24-25,29-30H,8-9,11-18,22-23H2,1-3H3,(H,39,45). The molecule has 2 saturated heterocycles. The molecule has 2 bridgehead atoms. The first-order valence-corrected chi connectivity index (χ1v) is 17.4. The Morgan fingerprint density at radius 1 is 1.06 bits per heavy atom. The number of ketones is 1. The molecule has 2 fully saturated rings. The topological polar surface area (TPSA) is 94.7 Å². The van der Waals surface area contributed by atoms with Gasteiger partial charge < -0.3 is 24.6 Å². The van der Waals surface area contributed by atoms with Crippen molar-refractivity contribution in [3.63, 3.8) is 0 Å². The fourth-order valence-corrected chi connectivity index (χ4v) is 7.21. The first-order chi connectivity index (χ1) is 23.0. The molecule has 1 aromatic carbocycles. The van der Waals surface area contributed by atoms with Crippen LogP contribution in [0.4, 0.5) is 4.79 Å². The lowest BCUT2D eigenvalue weighted by Gasteiger charge is -2.36. The van der Waals surface area contributed by atoms with Crippen molar-refractivity contribution in [2.24, 2.45) is 0 Å². The summed E-state index contributed by atoms with van der Waals surface area (Å²) in [6.45, 7) is 11.2. The zero-order chi connectivity index (χ0) is 33.8. The Morgan fingerprint density at radius 2 is 1.88 bits per heavy atom. The minimum absolute atomic E-state index is 0.0823. The zero-order valence-corrected chi connectivity index (χ0v) is 28.9. The van der Waals surface area contributed by atoms with E-state index in [9.17, 15) is 14.4 Å². The number of fused-ring (bicyclic) bond motifs is 2. The van der Waals surface area contributed by atoms with E-state index >= 15 is 0 Å². The van der Waals surface area contributed by atoms with Gasteiger partial charge in [0.25, 0.3) is 5.91 Å². The second-order valence-corrected chi connectivity index (χ2v) is 14.5. The summed E-state index contributed by atoms with van der Waals surface area (Å²) in [5.41, 5.74) is 3.15. The van der Waals surface area contributed by atoms with Crippen molar-refractivity contribution >= 4 is 35.0 Å². The highest BCUT2D eigenvalue weighted by molar-refractivity contribution is 6.31. The third-order valence-corrected chi connectivity index (χ3v) is 9.69. The third kappa shape index (κ3) is 8.40. The van der Waals surface area contributed by atoms with E-state index in [0.717, 1.165) is 56.6 Å². The van der Waals surface area contributed by atoms with Crippen LogP contribution in [0.2, 0.25) is 5.02 Å². The number of allylic oxidation sites excluding steroid dienone is 4. The van der Waals surface area contributed by atoms with E-state index in [0.29, 0.717) is 61.0 Å². The predicted molar refractivity (Wildman–Crippen MR) is 186 cm³/mol. The highest BCUT2D eigenvalue weighted by atomic mass is 35.5. The van der Waals surface area contributed by atoms with Gasteiger partial charge in [-0.2, -0.15) is 0 Å². The Morgan fingerprint density at radius 3 is 2.62 bits per heavy atom. The van der Waals surface area contributed by atoms with Crippen LogP contribution in [0, 0.1) is 0 Å². The first-order valence-electron chi connectivity index (χ1n) is 17.0. The number of ether oxygens (including phenoxy) is 2. The van der Waals surface area contributed by atoms with Crippen molar-refractivity contribution in [1.29, 1.82) is 0 Å². The average molecular weight is 676 g/mol. The molecule has 10 nitrogen and oxygen atoms in total. The van der Waals surface area contributed by atoms with E-state index in [-0.39, 0.29) is 17.8 Å². The molecule has 0 radical (unpaired) electrons. The molecular weight excluding hydrogens is 630 g/mol. The summed E-state index contributed by atoms with van der Waals surface area (Å²) in [6, 6.07) is 6.34. The summed E-state index contributed by atoms with van der Waals surface area (Å²) in [6.07, 6.45) is 16.4. The number of carbonyl (C=O) groups excluding carboxylic acids is 3. The summed E-state index contributed by atoms with van der Waals surface area (Å²) in [4.78, 5) is 46.5. The number of hydrogen-bond donors (Lipinski definition) is 1. The number of nitrogens with one attached hydrogen (secondary N) is 1. The molecule has 256 valence electrons. The lowest BCUT2D eigenvalue weighted by molar-refractivity contribution is -0.114. The van der Waals surface area contributed by atoms with Crippen molar-refractivity contribution in [2.45, 2.75) is 64.1 Å². The van der Waals surface area contributed by atoms with Gasteiger partial charge in [-0.1, -0.05) is 35.9 Å². The van der Waals surface area contributed by atoms with E-state index in [1.165, 1.54) is 5.57 Å². The fraction of sp³-hybridized carbons (Fsp3) is 0.486. The largest absolute Gasteiger partial charge is 0.462 e. The molecule has 0 spiro atoms. The van der Waals surface area contributed by atoms with E-state index in [1.807, 2.05) is 51.4 Å². The van der Waals surface area contributed by atoms with Crippen molar-refractivity contribution in [3.8, 4) is 0 Å². The molecule has 6 rings (SSSR count). The fourth-order valence-electron chi connectivity index (χ4n) is 7.03. The smallest absolute Gasteiger partial charge is 0.410 e. The maximum atomic E-state index is 13.5. The number of rotatable bonds is 9. The third-order valence-electron chi connectivity index (χ3n) is 9.46. The van der Waals surface area contributed by atoms with Crippen LogP contribution >= 0.6 is 11.6 Å². The van der Waals surface area contributed by atoms with Gasteiger partial charge in [-0.25, -0.2) is 4.79 Å². The lowest BCUT2D eigenvalue weighted by Crippen LogP contribution is -2.51. The normalized spacial score (nSPS) is 23.0. The molecule has 5 aliphatic rings. The van der Waals surface area contributed by atoms with Crippen molar-refractivity contribution in [3.05, 3.63) is 88.6 Å². The van der Waals surface area contributed by atoms with E-state index < -0.39 is 5.60 Å². The van der Waals surface area contributed by atoms with Gasteiger partial charge in [0.1, 0.15) is 17.6 Å². The number of piperazine rings is 1. The minimum atomic E-state index is -0.510. The van der Waals surface area contributed by atoms with Crippen molar-refractivity contribution < 1.29 is 23.9 Å². The Balaban J connectivity index is 1.03. The number of benzene rings is 1. The molecule has 2 atom stereocenters. The molecular formula is C37H46ClN5O5. The van der Waals surface area contributed by atoms with Gasteiger partial charge in [0, 0.05) is 99.4 Å². The number of carbonyl (C=O) groups is 3. The zero-order valence-electron chi connectivity index (χ0n) is 28.1. The molecule has 11 heteroatoms. The van der Waals surface area contributed by atoms with Crippen molar-refractivity contribution in [2.75, 3.05) is 52.4 Å². The molecule has 1 N–H and O–H groups in total. The van der Waals surface area contributed by atoms with Gasteiger partial charge in [0.2, 0.25) is 0 Å². The second kappa shape index (κ2) is 14.7. The van der Waals surface area contributed by atoms with Crippen molar-refractivity contribution in [1.82, 2.24) is 24.9 Å². The molecule has 1 aliphatic carbocycles. The molecule has 0 saturated carbocycles. The summed E-state index contributed by atoms with van der Waals surface area (Å²) in [7, 11) is 0. The van der Waals surface area contributed by atoms with E-state index in [2.05, 4.69) is 26.1 Å². The maximum Gasteiger partial charge on any atom is 0.410 e. The SMILES string of the molecule is CC(C)(C)OC(=O)N1CCN(CCNC(=O)c2cc(Cl)ccc2C2=CC3CCC(C2)N3CCN2C=COC(C3=CC=CC(=O)C3)=C2)CC1. The van der Waals surface area contributed by atoms with Crippen LogP contribution in [-0.4, -0.2) is 107 Å². The quantitative estimate of drug-likeness (QED) is 0.375. The molecule has 48 heavy (non-hydrogen) atoms. The van der Waals surface area contributed by atoms with Crippen LogP contribution in [0.25, 0.3) is 5.57 Å². The molecule has 2 unspecified atom stereocenters. The van der Waals surface area contributed by atoms with Crippen LogP contribution in [-0.2, 0) is 14.3 Å². The van der Waals surface area contributed by atoms with E-state index in [4.69, 9.17) is 21.1 Å². The highest BCUT2D eigenvalue weighted by Crippen LogP contribution is 2.40. The number of hydrogen-bond acceptors (Lipinski definition) is 8. The number of halogens is 1. The summed E-state index contributed by atoms with van der Waals surface area (Å²) < 4.78 is 11.2. The molecule has 0 aromatic heterocycles. The summed E-state index contributed by atoms with van der Waals surface area (Å²) in [5.74, 6) is 0.676. The van der Waals surface area contributed by atoms with Gasteiger partial charge in [-0.15, -0.1) is 0 Å². The van der Waals surface area contributed by atoms with Crippen LogP contribution in [0.5, 0.6) is 0 Å². The lowest BCUT2D eigenvalue weighted by atomic mass is 9.91. The van der Waals surface area contributed by atoms with Gasteiger partial charge in [-0.05, 0) is 69.4 Å². The Labute approximate surface area is 288 Å². The van der Waals surface area contributed by atoms with Gasteiger partial charge in [0.15, 0.2) is 5.78 Å². The Bertz CT molecular complexity index is 1570. The molecule has 4 aliphatic heterocycles. The monoisotopic (exact) mass is 675 g/mol. The van der Waals surface area contributed by atoms with Crippen LogP contribution in [0.15, 0.2) is 72.5 Å². The predicted octanol–water partition coefficient (Wildman–Crippen LogP) is 5.34. The number of amides is 2. The average Bonchev–Trinajstić information content (AvgIpc) is 3.29. The Hall–Kier alpha value is -3.86. The second-order valence-electron chi connectivity index (χ2n) is 14.0. The number of nitrogens with zero attached hydrogens (tertiary/aromatic N) is 4. The Kier molecular flexibility index (Phi) is 10.4. The van der Waals surface area contributed by atoms with Gasteiger partial charge in [0.05, 0.1) is 0 Å². The van der Waals surface area contributed by atoms with Gasteiger partial charge in [-0.3, -0.25) is 19.4 Å². The van der Waals surface area contributed by atoms with E-state index in [1.54, 1.807) is 29.4 Å². The van der Waals surface area contributed by atoms with Crippen LogP contribution < -0.4 is 5.32 Å². The summed E-state index contributed by atoms with van der Waals surface area (Å²) >= 11 is 6.40. The maximum absolute atomic E-state index is 13.5. The minimum Gasteiger partial charge on any atom is -0.462 e. The summed E-state index contributed by atoms with van der Waals surface area (Å²) in [5, 5.41) is 3.66. The van der Waals surface area contributed by atoms with Gasteiger partial charge >= 0.3 is 6.09 Å². The molecule has 1 aromatic rings. The molecule has 4 heterocycles.